The molecule has 1 saturated heterocycles. The van der Waals surface area contributed by atoms with Crippen LogP contribution in [-0.4, -0.2) is 49.4 Å². The van der Waals surface area contributed by atoms with Gasteiger partial charge in [0.1, 0.15) is 0 Å². The molecule has 2 rings (SSSR count). The molecule has 2 amide bonds. The molecule has 1 fully saturated rings. The van der Waals surface area contributed by atoms with Crippen molar-refractivity contribution in [1.82, 2.24) is 10.2 Å². The normalized spacial score (nSPS) is 17.4. The molecule has 0 bridgehead atoms. The summed E-state index contributed by atoms with van der Waals surface area (Å²) in [4.78, 5) is 28.7. The predicted molar refractivity (Wildman–Crippen MR) is 102 cm³/mol. The Bertz CT molecular complexity index is 567. The number of anilines is 1. The maximum absolute atomic E-state index is 12.3. The molecule has 5 nitrogen and oxygen atoms in total. The summed E-state index contributed by atoms with van der Waals surface area (Å²) in [7, 11) is 0. The number of carbonyl (C=O) groups excluding carboxylic acids is 2. The first-order valence-corrected chi connectivity index (χ1v) is 9.48. The molecule has 0 aliphatic carbocycles. The summed E-state index contributed by atoms with van der Waals surface area (Å²) in [6.07, 6.45) is 2.22. The van der Waals surface area contributed by atoms with E-state index < -0.39 is 0 Å². The number of carbonyl (C=O) groups is 2. The summed E-state index contributed by atoms with van der Waals surface area (Å²) in [5.74, 6) is -0.208. The van der Waals surface area contributed by atoms with Crippen LogP contribution >= 0.6 is 0 Å². The lowest BCUT2D eigenvalue weighted by Crippen LogP contribution is -2.35. The van der Waals surface area contributed by atoms with Crippen molar-refractivity contribution in [3.05, 3.63) is 29.8 Å². The molecule has 5 heteroatoms. The average molecular weight is 345 g/mol. The third kappa shape index (κ3) is 5.30. The highest BCUT2D eigenvalue weighted by Crippen LogP contribution is 2.25. The number of benzene rings is 1. The zero-order chi connectivity index (χ0) is 18.2. The molecule has 1 N–H and O–H groups in total. The fraction of sp³-hybridized carbons (Fsp3) is 0.600. The van der Waals surface area contributed by atoms with Gasteiger partial charge in [0.05, 0.1) is 5.92 Å². The van der Waals surface area contributed by atoms with Gasteiger partial charge in [-0.1, -0.05) is 32.9 Å². The van der Waals surface area contributed by atoms with E-state index in [-0.39, 0.29) is 17.7 Å². The third-order valence-electron chi connectivity index (χ3n) is 5.00. The monoisotopic (exact) mass is 345 g/mol. The minimum absolute atomic E-state index is 0.000533. The Morgan fingerprint density at radius 2 is 1.88 bits per heavy atom. The molecule has 1 aromatic rings. The maximum Gasteiger partial charge on any atom is 0.227 e. The average Bonchev–Trinajstić information content (AvgIpc) is 3.03. The van der Waals surface area contributed by atoms with Gasteiger partial charge >= 0.3 is 0 Å². The number of aryl methyl sites for hydroxylation is 1. The molecule has 1 atom stereocenters. The highest BCUT2D eigenvalue weighted by atomic mass is 16.2. The van der Waals surface area contributed by atoms with Crippen LogP contribution in [0.15, 0.2) is 24.3 Å². The molecular weight excluding hydrogens is 314 g/mol. The molecule has 1 aliphatic heterocycles. The van der Waals surface area contributed by atoms with Gasteiger partial charge in [0.25, 0.3) is 0 Å². The van der Waals surface area contributed by atoms with Crippen LogP contribution in [0.5, 0.6) is 0 Å². The SMILES string of the molecule is CCc1ccc(N2C[C@H](C(=O)NCCCN(CC)CC)CC2=O)cc1. The minimum Gasteiger partial charge on any atom is -0.356 e. The van der Waals surface area contributed by atoms with E-state index in [2.05, 4.69) is 31.0 Å². The molecule has 138 valence electrons. The van der Waals surface area contributed by atoms with Crippen molar-refractivity contribution >= 4 is 17.5 Å². The molecule has 0 aromatic heterocycles. The van der Waals surface area contributed by atoms with Crippen molar-refractivity contribution < 1.29 is 9.59 Å². The first kappa shape index (κ1) is 19.4. The van der Waals surface area contributed by atoms with E-state index in [1.54, 1.807) is 4.90 Å². The Hall–Kier alpha value is -1.88. The van der Waals surface area contributed by atoms with Gasteiger partial charge in [-0.3, -0.25) is 9.59 Å². The quantitative estimate of drug-likeness (QED) is 0.700. The van der Waals surface area contributed by atoms with Crippen LogP contribution in [0.2, 0.25) is 0 Å². The van der Waals surface area contributed by atoms with Crippen molar-refractivity contribution in [2.24, 2.45) is 5.92 Å². The standard InChI is InChI=1S/C20H31N3O2/c1-4-16-8-10-18(11-9-16)23-15-17(14-19(23)24)20(25)21-12-7-13-22(5-2)6-3/h8-11,17H,4-7,12-15H2,1-3H3,(H,21,25)/t17-/m1/s1. The van der Waals surface area contributed by atoms with Crippen LogP contribution in [0.3, 0.4) is 0 Å². The number of rotatable bonds is 9. The number of hydrogen-bond acceptors (Lipinski definition) is 3. The summed E-state index contributed by atoms with van der Waals surface area (Å²) < 4.78 is 0. The van der Waals surface area contributed by atoms with Gasteiger partial charge in [0.2, 0.25) is 11.8 Å². The highest BCUT2D eigenvalue weighted by molar-refractivity contribution is 6.00. The zero-order valence-corrected chi connectivity index (χ0v) is 15.8. The molecule has 0 spiro atoms. The van der Waals surface area contributed by atoms with Crippen LogP contribution < -0.4 is 10.2 Å². The van der Waals surface area contributed by atoms with E-state index in [0.29, 0.717) is 19.5 Å². The Balaban J connectivity index is 1.81. The van der Waals surface area contributed by atoms with E-state index in [0.717, 1.165) is 38.2 Å². The molecular formula is C20H31N3O2. The van der Waals surface area contributed by atoms with Crippen molar-refractivity contribution in [3.8, 4) is 0 Å². The van der Waals surface area contributed by atoms with E-state index in [4.69, 9.17) is 0 Å². The second-order valence-corrected chi connectivity index (χ2v) is 6.60. The molecule has 0 unspecified atom stereocenters. The fourth-order valence-corrected chi connectivity index (χ4v) is 3.24. The molecule has 1 heterocycles. The fourth-order valence-electron chi connectivity index (χ4n) is 3.24. The van der Waals surface area contributed by atoms with Crippen molar-refractivity contribution in [2.45, 2.75) is 40.0 Å². The van der Waals surface area contributed by atoms with Gasteiger partial charge in [0, 0.05) is 25.2 Å². The van der Waals surface area contributed by atoms with Gasteiger partial charge in [0.15, 0.2) is 0 Å². The summed E-state index contributed by atoms with van der Waals surface area (Å²) in [6.45, 7) is 10.6. The summed E-state index contributed by atoms with van der Waals surface area (Å²) in [6, 6.07) is 8.04. The summed E-state index contributed by atoms with van der Waals surface area (Å²) >= 11 is 0. The first-order chi connectivity index (χ1) is 12.1. The number of nitrogens with one attached hydrogen (secondary N) is 1. The minimum atomic E-state index is -0.244. The number of nitrogens with zero attached hydrogens (tertiary/aromatic N) is 2. The lowest BCUT2D eigenvalue weighted by atomic mass is 10.1. The van der Waals surface area contributed by atoms with Gasteiger partial charge in [-0.05, 0) is 50.2 Å². The summed E-state index contributed by atoms with van der Waals surface area (Å²) in [5, 5.41) is 2.99. The highest BCUT2D eigenvalue weighted by Gasteiger charge is 2.34. The van der Waals surface area contributed by atoms with Gasteiger partial charge in [-0.15, -0.1) is 0 Å². The smallest absolute Gasteiger partial charge is 0.227 e. The lowest BCUT2D eigenvalue weighted by Gasteiger charge is -2.18. The Labute approximate surface area is 151 Å². The molecule has 0 radical (unpaired) electrons. The molecule has 25 heavy (non-hydrogen) atoms. The topological polar surface area (TPSA) is 52.7 Å². The van der Waals surface area contributed by atoms with E-state index in [1.807, 2.05) is 24.3 Å². The van der Waals surface area contributed by atoms with Crippen LogP contribution in [0.1, 0.15) is 39.2 Å². The first-order valence-electron chi connectivity index (χ1n) is 9.48. The van der Waals surface area contributed by atoms with Gasteiger partial charge in [-0.2, -0.15) is 0 Å². The third-order valence-corrected chi connectivity index (χ3v) is 5.00. The lowest BCUT2D eigenvalue weighted by molar-refractivity contribution is -0.126. The van der Waals surface area contributed by atoms with E-state index >= 15 is 0 Å². The molecule has 1 aliphatic rings. The predicted octanol–water partition coefficient (Wildman–Crippen LogP) is 2.45. The van der Waals surface area contributed by atoms with E-state index in [1.165, 1.54) is 5.56 Å². The van der Waals surface area contributed by atoms with Crippen molar-refractivity contribution in [1.29, 1.82) is 0 Å². The van der Waals surface area contributed by atoms with Crippen LogP contribution in [0, 0.1) is 5.92 Å². The molecule has 1 aromatic carbocycles. The second kappa shape index (κ2) is 9.56. The van der Waals surface area contributed by atoms with Crippen molar-refractivity contribution in [3.63, 3.8) is 0 Å². The van der Waals surface area contributed by atoms with Gasteiger partial charge in [-0.25, -0.2) is 0 Å². The second-order valence-electron chi connectivity index (χ2n) is 6.60. The number of hydrogen-bond donors (Lipinski definition) is 1. The summed E-state index contributed by atoms with van der Waals surface area (Å²) in [5.41, 5.74) is 2.14. The molecule has 0 saturated carbocycles. The Kier molecular flexibility index (Phi) is 7.44. The Morgan fingerprint density at radius 3 is 2.48 bits per heavy atom. The van der Waals surface area contributed by atoms with E-state index in [9.17, 15) is 9.59 Å². The number of amides is 2. The Morgan fingerprint density at radius 1 is 1.20 bits per heavy atom. The zero-order valence-electron chi connectivity index (χ0n) is 15.8. The van der Waals surface area contributed by atoms with Crippen LogP contribution in [0.25, 0.3) is 0 Å². The van der Waals surface area contributed by atoms with Crippen LogP contribution in [0.4, 0.5) is 5.69 Å². The largest absolute Gasteiger partial charge is 0.356 e. The van der Waals surface area contributed by atoms with Gasteiger partial charge < -0.3 is 15.1 Å². The maximum atomic E-state index is 12.3. The van der Waals surface area contributed by atoms with Crippen molar-refractivity contribution in [2.75, 3.05) is 37.6 Å². The van der Waals surface area contributed by atoms with Crippen LogP contribution in [-0.2, 0) is 16.0 Å².